The number of hydrogen-bond donors (Lipinski definition) is 2. The number of carbonyl (C=O) groups excluding carboxylic acids is 1. The highest BCUT2D eigenvalue weighted by Crippen LogP contribution is 2.32. The van der Waals surface area contributed by atoms with Gasteiger partial charge < -0.3 is 15.2 Å². The highest BCUT2D eigenvalue weighted by atomic mass is 35.5. The Bertz CT molecular complexity index is 569. The standard InChI is InChI=1S/C13H15ClN2O4S/c1-7-16(10(6-21-7)12(17)18)13(19)15-9-5-8(14)3-4-11(9)20-2/h3-5,7,10H,6H2,1-2H3,(H,15,19)(H,17,18). The number of urea groups is 1. The molecule has 1 saturated heterocycles. The van der Waals surface area contributed by atoms with Crippen molar-refractivity contribution in [1.82, 2.24) is 4.90 Å². The maximum Gasteiger partial charge on any atom is 0.327 e. The van der Waals surface area contributed by atoms with Crippen LogP contribution < -0.4 is 10.1 Å². The third-order valence-corrected chi connectivity index (χ3v) is 4.60. The van der Waals surface area contributed by atoms with Gasteiger partial charge in [-0.3, -0.25) is 4.90 Å². The summed E-state index contributed by atoms with van der Waals surface area (Å²) >= 11 is 7.33. The lowest BCUT2D eigenvalue weighted by atomic mass is 10.2. The Morgan fingerprint density at radius 3 is 2.86 bits per heavy atom. The third-order valence-electron chi connectivity index (χ3n) is 3.15. The van der Waals surface area contributed by atoms with Crippen molar-refractivity contribution in [3.05, 3.63) is 23.2 Å². The number of ether oxygens (including phenoxy) is 1. The smallest absolute Gasteiger partial charge is 0.327 e. The van der Waals surface area contributed by atoms with Crippen LogP contribution in [-0.2, 0) is 4.79 Å². The molecule has 0 saturated carbocycles. The Labute approximate surface area is 131 Å². The number of hydrogen-bond acceptors (Lipinski definition) is 4. The summed E-state index contributed by atoms with van der Waals surface area (Å²) in [6.45, 7) is 1.79. The molecule has 0 radical (unpaired) electrons. The minimum Gasteiger partial charge on any atom is -0.495 e. The summed E-state index contributed by atoms with van der Waals surface area (Å²) in [4.78, 5) is 24.9. The fourth-order valence-electron chi connectivity index (χ4n) is 2.10. The Morgan fingerprint density at radius 2 is 2.24 bits per heavy atom. The van der Waals surface area contributed by atoms with Crippen molar-refractivity contribution in [2.75, 3.05) is 18.2 Å². The molecule has 1 aliphatic heterocycles. The Morgan fingerprint density at radius 1 is 1.52 bits per heavy atom. The molecule has 0 bridgehead atoms. The molecule has 2 rings (SSSR count). The summed E-state index contributed by atoms with van der Waals surface area (Å²) in [6, 6.07) is 3.51. The normalized spacial score (nSPS) is 21.2. The molecule has 2 amide bonds. The molecule has 1 aromatic rings. The van der Waals surface area contributed by atoms with Crippen LogP contribution in [0.25, 0.3) is 0 Å². The molecule has 2 atom stereocenters. The zero-order chi connectivity index (χ0) is 15.6. The van der Waals surface area contributed by atoms with Gasteiger partial charge in [-0.05, 0) is 25.1 Å². The van der Waals surface area contributed by atoms with E-state index < -0.39 is 18.0 Å². The van der Waals surface area contributed by atoms with E-state index in [9.17, 15) is 14.7 Å². The monoisotopic (exact) mass is 330 g/mol. The van der Waals surface area contributed by atoms with Crippen LogP contribution in [0.3, 0.4) is 0 Å². The number of nitrogens with one attached hydrogen (secondary N) is 1. The van der Waals surface area contributed by atoms with E-state index in [2.05, 4.69) is 5.32 Å². The first kappa shape index (κ1) is 15.8. The van der Waals surface area contributed by atoms with Crippen LogP contribution in [0, 0.1) is 0 Å². The predicted octanol–water partition coefficient (Wildman–Crippen LogP) is 2.73. The van der Waals surface area contributed by atoms with Gasteiger partial charge in [0.25, 0.3) is 0 Å². The highest BCUT2D eigenvalue weighted by molar-refractivity contribution is 8.00. The fraction of sp³-hybridized carbons (Fsp3) is 0.385. The second-order valence-electron chi connectivity index (χ2n) is 4.47. The summed E-state index contributed by atoms with van der Waals surface area (Å²) in [6.07, 6.45) is 0. The maximum absolute atomic E-state index is 12.4. The van der Waals surface area contributed by atoms with Gasteiger partial charge in [0.15, 0.2) is 0 Å². The van der Waals surface area contributed by atoms with Crippen molar-refractivity contribution < 1.29 is 19.4 Å². The van der Waals surface area contributed by atoms with Gasteiger partial charge in [-0.25, -0.2) is 9.59 Å². The van der Waals surface area contributed by atoms with Crippen LogP contribution in [0.4, 0.5) is 10.5 Å². The van der Waals surface area contributed by atoms with Crippen LogP contribution in [0.1, 0.15) is 6.92 Å². The van der Waals surface area contributed by atoms with Crippen LogP contribution in [0.15, 0.2) is 18.2 Å². The third kappa shape index (κ3) is 3.36. The molecule has 2 unspecified atom stereocenters. The van der Waals surface area contributed by atoms with Crippen LogP contribution in [0.5, 0.6) is 5.75 Å². The number of nitrogens with zero attached hydrogens (tertiary/aromatic N) is 1. The molecule has 0 aromatic heterocycles. The van der Waals surface area contributed by atoms with Gasteiger partial charge in [-0.2, -0.15) is 0 Å². The van der Waals surface area contributed by atoms with Gasteiger partial charge in [-0.1, -0.05) is 11.6 Å². The molecular formula is C13H15ClN2O4S. The quantitative estimate of drug-likeness (QED) is 0.891. The summed E-state index contributed by atoms with van der Waals surface area (Å²) in [5.41, 5.74) is 0.406. The number of benzene rings is 1. The summed E-state index contributed by atoms with van der Waals surface area (Å²) < 4.78 is 5.15. The van der Waals surface area contributed by atoms with E-state index in [1.165, 1.54) is 23.8 Å². The Hall–Kier alpha value is -1.60. The number of carboxylic acids is 1. The number of rotatable bonds is 3. The van der Waals surface area contributed by atoms with Gasteiger partial charge in [0.05, 0.1) is 18.2 Å². The largest absolute Gasteiger partial charge is 0.495 e. The lowest BCUT2D eigenvalue weighted by Gasteiger charge is -2.25. The minimum absolute atomic E-state index is 0.212. The number of methoxy groups -OCH3 is 1. The van der Waals surface area contributed by atoms with Gasteiger partial charge in [0.1, 0.15) is 11.8 Å². The Balaban J connectivity index is 2.21. The van der Waals surface area contributed by atoms with E-state index in [4.69, 9.17) is 16.3 Å². The second-order valence-corrected chi connectivity index (χ2v) is 6.25. The van der Waals surface area contributed by atoms with Crippen molar-refractivity contribution in [3.63, 3.8) is 0 Å². The number of halogens is 1. The number of carboxylic acid groups (broad SMARTS) is 1. The average Bonchev–Trinajstić information content (AvgIpc) is 2.81. The summed E-state index contributed by atoms with van der Waals surface area (Å²) in [7, 11) is 1.48. The first-order chi connectivity index (χ1) is 9.93. The second kappa shape index (κ2) is 6.44. The molecule has 1 fully saturated rings. The number of anilines is 1. The first-order valence-corrected chi connectivity index (χ1v) is 7.64. The van der Waals surface area contributed by atoms with Crippen molar-refractivity contribution >= 4 is 41.1 Å². The molecule has 2 N–H and O–H groups in total. The SMILES string of the molecule is COc1ccc(Cl)cc1NC(=O)N1C(C)SCC1C(=O)O. The van der Waals surface area contributed by atoms with Crippen molar-refractivity contribution in [1.29, 1.82) is 0 Å². The number of amides is 2. The van der Waals surface area contributed by atoms with Crippen LogP contribution in [-0.4, -0.2) is 46.3 Å². The zero-order valence-electron chi connectivity index (χ0n) is 11.5. The minimum atomic E-state index is -1.01. The van der Waals surface area contributed by atoms with Crippen molar-refractivity contribution in [3.8, 4) is 5.75 Å². The first-order valence-electron chi connectivity index (χ1n) is 6.21. The molecule has 1 aromatic carbocycles. The predicted molar refractivity (Wildman–Crippen MR) is 82.2 cm³/mol. The Kier molecular flexibility index (Phi) is 4.84. The molecule has 8 heteroatoms. The van der Waals surface area contributed by atoms with E-state index >= 15 is 0 Å². The summed E-state index contributed by atoms with van der Waals surface area (Å²) in [5.74, 6) is -0.185. The van der Waals surface area contributed by atoms with E-state index in [0.29, 0.717) is 22.2 Å². The molecule has 21 heavy (non-hydrogen) atoms. The molecular weight excluding hydrogens is 316 g/mol. The van der Waals surface area contributed by atoms with Gasteiger partial charge >= 0.3 is 12.0 Å². The maximum atomic E-state index is 12.4. The molecule has 0 aliphatic carbocycles. The van der Waals surface area contributed by atoms with Crippen molar-refractivity contribution in [2.24, 2.45) is 0 Å². The number of aliphatic carboxylic acids is 1. The van der Waals surface area contributed by atoms with E-state index in [0.717, 1.165) is 0 Å². The lowest BCUT2D eigenvalue weighted by Crippen LogP contribution is -2.46. The highest BCUT2D eigenvalue weighted by Gasteiger charge is 2.39. The van der Waals surface area contributed by atoms with Crippen LogP contribution >= 0.6 is 23.4 Å². The van der Waals surface area contributed by atoms with Gasteiger partial charge in [0.2, 0.25) is 0 Å². The molecule has 6 nitrogen and oxygen atoms in total. The van der Waals surface area contributed by atoms with Crippen molar-refractivity contribution in [2.45, 2.75) is 18.3 Å². The van der Waals surface area contributed by atoms with E-state index in [-0.39, 0.29) is 5.37 Å². The van der Waals surface area contributed by atoms with E-state index in [1.807, 2.05) is 0 Å². The van der Waals surface area contributed by atoms with E-state index in [1.54, 1.807) is 25.1 Å². The molecule has 114 valence electrons. The lowest BCUT2D eigenvalue weighted by molar-refractivity contribution is -0.141. The number of carbonyl (C=O) groups is 2. The fourth-order valence-corrected chi connectivity index (χ4v) is 3.44. The van der Waals surface area contributed by atoms with Gasteiger partial charge in [-0.15, -0.1) is 11.8 Å². The molecule has 1 heterocycles. The molecule has 0 spiro atoms. The van der Waals surface area contributed by atoms with Gasteiger partial charge in [0, 0.05) is 10.8 Å². The number of thioether (sulfide) groups is 1. The topological polar surface area (TPSA) is 78.9 Å². The molecule has 1 aliphatic rings. The zero-order valence-corrected chi connectivity index (χ0v) is 13.1. The van der Waals surface area contributed by atoms with Crippen LogP contribution in [0.2, 0.25) is 5.02 Å². The summed E-state index contributed by atoms with van der Waals surface area (Å²) in [5, 5.41) is 12.1. The average molecular weight is 331 g/mol.